The largest absolute Gasteiger partial charge is 0.393 e. The minimum Gasteiger partial charge on any atom is -0.393 e. The van der Waals surface area contributed by atoms with Crippen molar-refractivity contribution in [1.29, 1.82) is 0 Å². The number of aromatic nitrogens is 1. The summed E-state index contributed by atoms with van der Waals surface area (Å²) in [5.41, 5.74) is 1.31. The van der Waals surface area contributed by atoms with Gasteiger partial charge in [-0.05, 0) is 42.7 Å². The number of aliphatic hydroxyl groups excluding tert-OH is 1. The Morgan fingerprint density at radius 1 is 1.26 bits per heavy atom. The van der Waals surface area contributed by atoms with Gasteiger partial charge in [-0.2, -0.15) is 0 Å². The van der Waals surface area contributed by atoms with E-state index in [1.807, 2.05) is 12.4 Å². The minimum absolute atomic E-state index is 0.122. The molecular formula is C16H20N2O. The summed E-state index contributed by atoms with van der Waals surface area (Å²) in [7, 11) is 0. The molecule has 3 heteroatoms. The van der Waals surface area contributed by atoms with Gasteiger partial charge in [0.2, 0.25) is 0 Å². The summed E-state index contributed by atoms with van der Waals surface area (Å²) in [5, 5.41) is 15.7. The second kappa shape index (κ2) is 5.68. The van der Waals surface area contributed by atoms with E-state index in [-0.39, 0.29) is 6.10 Å². The topological polar surface area (TPSA) is 45.1 Å². The lowest BCUT2D eigenvalue weighted by Gasteiger charge is -2.27. The van der Waals surface area contributed by atoms with Gasteiger partial charge in [0, 0.05) is 30.4 Å². The molecule has 100 valence electrons. The maximum atomic E-state index is 9.70. The van der Waals surface area contributed by atoms with Crippen LogP contribution < -0.4 is 5.32 Å². The van der Waals surface area contributed by atoms with E-state index in [1.54, 1.807) is 0 Å². The fraction of sp³-hybridized carbons (Fsp3) is 0.438. The highest BCUT2D eigenvalue weighted by atomic mass is 16.3. The molecule has 0 spiro atoms. The molecule has 1 aliphatic carbocycles. The van der Waals surface area contributed by atoms with Crippen molar-refractivity contribution in [3.05, 3.63) is 42.2 Å². The number of pyridine rings is 1. The summed E-state index contributed by atoms with van der Waals surface area (Å²) in [6, 6.07) is 8.85. The van der Waals surface area contributed by atoms with Gasteiger partial charge in [0.05, 0.1) is 6.10 Å². The quantitative estimate of drug-likeness (QED) is 0.887. The van der Waals surface area contributed by atoms with Crippen molar-refractivity contribution in [1.82, 2.24) is 10.3 Å². The molecule has 0 radical (unpaired) electrons. The molecule has 1 heterocycles. The lowest BCUT2D eigenvalue weighted by Crippen LogP contribution is -2.35. The molecule has 3 nitrogen and oxygen atoms in total. The van der Waals surface area contributed by atoms with Crippen molar-refractivity contribution in [3.63, 3.8) is 0 Å². The second-order valence-corrected chi connectivity index (χ2v) is 5.41. The van der Waals surface area contributed by atoms with E-state index >= 15 is 0 Å². The molecule has 1 aromatic carbocycles. The number of nitrogens with zero attached hydrogens (tertiary/aromatic N) is 1. The zero-order chi connectivity index (χ0) is 13.1. The van der Waals surface area contributed by atoms with Crippen molar-refractivity contribution >= 4 is 10.8 Å². The molecule has 2 unspecified atom stereocenters. The monoisotopic (exact) mass is 256 g/mol. The molecule has 1 aromatic heterocycles. The summed E-state index contributed by atoms with van der Waals surface area (Å²) >= 11 is 0. The van der Waals surface area contributed by atoms with Gasteiger partial charge in [-0.1, -0.05) is 18.2 Å². The van der Waals surface area contributed by atoms with Gasteiger partial charge >= 0.3 is 0 Å². The van der Waals surface area contributed by atoms with Crippen molar-refractivity contribution in [2.75, 3.05) is 0 Å². The van der Waals surface area contributed by atoms with Crippen LogP contribution in [-0.4, -0.2) is 22.2 Å². The Labute approximate surface area is 113 Å². The van der Waals surface area contributed by atoms with E-state index in [9.17, 15) is 5.11 Å². The summed E-state index contributed by atoms with van der Waals surface area (Å²) in [5.74, 6) is 0. The van der Waals surface area contributed by atoms with Crippen LogP contribution in [0.4, 0.5) is 0 Å². The normalized spacial score (nSPS) is 23.6. The summed E-state index contributed by atoms with van der Waals surface area (Å²) in [4.78, 5) is 4.16. The van der Waals surface area contributed by atoms with Gasteiger partial charge in [0.25, 0.3) is 0 Å². The van der Waals surface area contributed by atoms with Crippen LogP contribution in [0.25, 0.3) is 10.8 Å². The molecule has 0 amide bonds. The van der Waals surface area contributed by atoms with E-state index in [0.29, 0.717) is 6.04 Å². The van der Waals surface area contributed by atoms with E-state index < -0.39 is 0 Å². The first-order valence-electron chi connectivity index (χ1n) is 7.06. The van der Waals surface area contributed by atoms with E-state index in [1.165, 1.54) is 22.8 Å². The molecule has 1 aliphatic rings. The highest BCUT2D eigenvalue weighted by molar-refractivity contribution is 5.84. The molecule has 0 bridgehead atoms. The Kier molecular flexibility index (Phi) is 3.76. The highest BCUT2D eigenvalue weighted by Gasteiger charge is 2.19. The van der Waals surface area contributed by atoms with Crippen LogP contribution >= 0.6 is 0 Å². The number of fused-ring (bicyclic) bond motifs is 1. The number of aliphatic hydroxyl groups is 1. The predicted molar refractivity (Wildman–Crippen MR) is 76.8 cm³/mol. The Bertz CT molecular complexity index is 550. The van der Waals surface area contributed by atoms with Gasteiger partial charge in [-0.15, -0.1) is 0 Å². The summed E-state index contributed by atoms with van der Waals surface area (Å²) < 4.78 is 0. The zero-order valence-electron chi connectivity index (χ0n) is 11.0. The molecule has 0 aliphatic heterocycles. The van der Waals surface area contributed by atoms with Crippen molar-refractivity contribution in [2.24, 2.45) is 0 Å². The Balaban J connectivity index is 1.71. The van der Waals surface area contributed by atoms with E-state index in [4.69, 9.17) is 0 Å². The SMILES string of the molecule is OC1CCCC(NCc2cccc3cnccc23)C1. The van der Waals surface area contributed by atoms with Crippen LogP contribution in [0.3, 0.4) is 0 Å². The molecule has 1 fully saturated rings. The predicted octanol–water partition coefficient (Wildman–Crippen LogP) is 2.63. The van der Waals surface area contributed by atoms with Gasteiger partial charge in [-0.25, -0.2) is 0 Å². The molecule has 1 saturated carbocycles. The van der Waals surface area contributed by atoms with Crippen molar-refractivity contribution in [3.8, 4) is 0 Å². The molecule has 19 heavy (non-hydrogen) atoms. The van der Waals surface area contributed by atoms with Crippen LogP contribution in [0.1, 0.15) is 31.2 Å². The second-order valence-electron chi connectivity index (χ2n) is 5.41. The van der Waals surface area contributed by atoms with Gasteiger partial charge in [0.15, 0.2) is 0 Å². The van der Waals surface area contributed by atoms with Gasteiger partial charge in [-0.3, -0.25) is 4.98 Å². The number of nitrogens with one attached hydrogen (secondary N) is 1. The first-order chi connectivity index (χ1) is 9.33. The van der Waals surface area contributed by atoms with Crippen LogP contribution in [0.5, 0.6) is 0 Å². The average Bonchev–Trinajstić information content (AvgIpc) is 2.45. The van der Waals surface area contributed by atoms with E-state index in [0.717, 1.165) is 25.8 Å². The third-order valence-corrected chi connectivity index (χ3v) is 4.00. The first kappa shape index (κ1) is 12.6. The third-order valence-electron chi connectivity index (χ3n) is 4.00. The number of hydrogen-bond donors (Lipinski definition) is 2. The van der Waals surface area contributed by atoms with Crippen LogP contribution in [0, 0.1) is 0 Å². The van der Waals surface area contributed by atoms with Crippen LogP contribution in [-0.2, 0) is 6.54 Å². The average molecular weight is 256 g/mol. The number of benzene rings is 1. The molecule has 2 N–H and O–H groups in total. The molecule has 2 atom stereocenters. The number of rotatable bonds is 3. The van der Waals surface area contributed by atoms with E-state index in [2.05, 4.69) is 34.6 Å². The smallest absolute Gasteiger partial charge is 0.0555 e. The van der Waals surface area contributed by atoms with Gasteiger partial charge in [0.1, 0.15) is 0 Å². The van der Waals surface area contributed by atoms with Crippen LogP contribution in [0.2, 0.25) is 0 Å². The zero-order valence-corrected chi connectivity index (χ0v) is 11.0. The standard InChI is InChI=1S/C16H20N2O/c19-15-6-2-5-14(9-15)18-11-13-4-1-3-12-10-17-8-7-16(12)13/h1,3-4,7-8,10,14-15,18-19H,2,5-6,9,11H2. The maximum absolute atomic E-state index is 9.70. The molecule has 2 aromatic rings. The lowest BCUT2D eigenvalue weighted by molar-refractivity contribution is 0.111. The fourth-order valence-corrected chi connectivity index (χ4v) is 2.95. The third kappa shape index (κ3) is 2.94. The number of hydrogen-bond acceptors (Lipinski definition) is 3. The Morgan fingerprint density at radius 2 is 2.21 bits per heavy atom. The minimum atomic E-state index is -0.122. The van der Waals surface area contributed by atoms with Crippen LogP contribution in [0.15, 0.2) is 36.7 Å². The maximum Gasteiger partial charge on any atom is 0.0555 e. The van der Waals surface area contributed by atoms with Crippen molar-refractivity contribution in [2.45, 2.75) is 44.4 Å². The molecule has 3 rings (SSSR count). The Morgan fingerprint density at radius 3 is 3.11 bits per heavy atom. The molecular weight excluding hydrogens is 236 g/mol. The summed E-state index contributed by atoms with van der Waals surface area (Å²) in [6.07, 6.45) is 7.76. The van der Waals surface area contributed by atoms with Crippen molar-refractivity contribution < 1.29 is 5.11 Å². The molecule has 0 saturated heterocycles. The lowest BCUT2D eigenvalue weighted by atomic mass is 9.93. The van der Waals surface area contributed by atoms with Gasteiger partial charge < -0.3 is 10.4 Å². The first-order valence-corrected chi connectivity index (χ1v) is 7.06. The Hall–Kier alpha value is -1.45. The summed E-state index contributed by atoms with van der Waals surface area (Å²) in [6.45, 7) is 0.860. The highest BCUT2D eigenvalue weighted by Crippen LogP contribution is 2.21. The fourth-order valence-electron chi connectivity index (χ4n) is 2.95.